The Bertz CT molecular complexity index is 748. The van der Waals surface area contributed by atoms with Crippen molar-refractivity contribution < 1.29 is 9.18 Å². The summed E-state index contributed by atoms with van der Waals surface area (Å²) in [6.07, 6.45) is 1.50. The normalized spacial score (nSPS) is 10.8. The average molecular weight is 254 g/mol. The minimum atomic E-state index is -0.361. The number of fused-ring (bicyclic) bond motifs is 1. The first kappa shape index (κ1) is 11.6. The summed E-state index contributed by atoms with van der Waals surface area (Å²) in [6.45, 7) is 0. The van der Waals surface area contributed by atoms with Gasteiger partial charge in [-0.15, -0.1) is 0 Å². The van der Waals surface area contributed by atoms with E-state index in [0.29, 0.717) is 5.56 Å². The van der Waals surface area contributed by atoms with Crippen LogP contribution in [0.4, 0.5) is 4.39 Å². The molecule has 0 aliphatic carbocycles. The van der Waals surface area contributed by atoms with Crippen molar-refractivity contribution in [1.29, 1.82) is 0 Å². The fourth-order valence-corrected chi connectivity index (χ4v) is 2.05. The predicted octanol–water partition coefficient (Wildman–Crippen LogP) is 3.06. The maximum atomic E-state index is 13.5. The highest BCUT2D eigenvalue weighted by atomic mass is 19.1. The summed E-state index contributed by atoms with van der Waals surface area (Å²) >= 11 is 0. The van der Waals surface area contributed by atoms with Crippen LogP contribution < -0.4 is 0 Å². The Hall–Kier alpha value is -2.49. The van der Waals surface area contributed by atoms with Crippen molar-refractivity contribution in [3.8, 4) is 0 Å². The Morgan fingerprint density at radius 3 is 2.68 bits per heavy atom. The monoisotopic (exact) mass is 254 g/mol. The fraction of sp³-hybridized carbons (Fsp3) is 0.0667. The number of aromatic nitrogens is 2. The lowest BCUT2D eigenvalue weighted by atomic mass is 10.1. The standard InChI is InChI=1S/C15H11FN2O/c16-12-6-2-1-5-11(12)9-15(19)18-10-17-13-7-3-4-8-14(13)18/h1-8,10H,9H2. The van der Waals surface area contributed by atoms with E-state index in [1.54, 1.807) is 18.2 Å². The van der Waals surface area contributed by atoms with Crippen LogP contribution >= 0.6 is 0 Å². The van der Waals surface area contributed by atoms with Crippen LogP contribution in [0.25, 0.3) is 11.0 Å². The first-order chi connectivity index (χ1) is 9.25. The van der Waals surface area contributed by atoms with Gasteiger partial charge in [0.15, 0.2) is 0 Å². The van der Waals surface area contributed by atoms with E-state index >= 15 is 0 Å². The quantitative estimate of drug-likeness (QED) is 0.704. The van der Waals surface area contributed by atoms with Gasteiger partial charge < -0.3 is 0 Å². The first-order valence-corrected chi connectivity index (χ1v) is 5.94. The molecule has 0 aliphatic heterocycles. The third-order valence-electron chi connectivity index (χ3n) is 3.02. The Balaban J connectivity index is 1.95. The number of carbonyl (C=O) groups is 1. The summed E-state index contributed by atoms with van der Waals surface area (Å²) in [7, 11) is 0. The molecule has 1 heterocycles. The molecular formula is C15H11FN2O. The van der Waals surface area contributed by atoms with Crippen LogP contribution in [-0.2, 0) is 6.42 Å². The van der Waals surface area contributed by atoms with Crippen molar-refractivity contribution in [3.05, 3.63) is 66.2 Å². The van der Waals surface area contributed by atoms with E-state index in [4.69, 9.17) is 0 Å². The van der Waals surface area contributed by atoms with Gasteiger partial charge in [-0.2, -0.15) is 0 Å². The molecule has 0 fully saturated rings. The van der Waals surface area contributed by atoms with Crippen LogP contribution in [0, 0.1) is 5.82 Å². The van der Waals surface area contributed by atoms with E-state index in [1.165, 1.54) is 17.0 Å². The third-order valence-corrected chi connectivity index (χ3v) is 3.02. The highest BCUT2D eigenvalue weighted by Crippen LogP contribution is 2.14. The second kappa shape index (κ2) is 4.65. The average Bonchev–Trinajstić information content (AvgIpc) is 2.85. The van der Waals surface area contributed by atoms with E-state index in [9.17, 15) is 9.18 Å². The molecule has 3 aromatic rings. The first-order valence-electron chi connectivity index (χ1n) is 5.94. The molecule has 0 N–H and O–H groups in total. The second-order valence-electron chi connectivity index (χ2n) is 4.27. The van der Waals surface area contributed by atoms with E-state index < -0.39 is 0 Å². The van der Waals surface area contributed by atoms with Crippen molar-refractivity contribution >= 4 is 16.9 Å². The van der Waals surface area contributed by atoms with Gasteiger partial charge in [-0.05, 0) is 23.8 Å². The molecule has 3 nitrogen and oxygen atoms in total. The van der Waals surface area contributed by atoms with Crippen LogP contribution in [0.5, 0.6) is 0 Å². The third kappa shape index (κ3) is 2.12. The number of imidazole rings is 1. The van der Waals surface area contributed by atoms with Gasteiger partial charge in [-0.25, -0.2) is 9.37 Å². The van der Waals surface area contributed by atoms with Gasteiger partial charge in [-0.1, -0.05) is 30.3 Å². The molecule has 4 heteroatoms. The molecule has 0 bridgehead atoms. The second-order valence-corrected chi connectivity index (χ2v) is 4.27. The number of carbonyl (C=O) groups excluding carboxylic acids is 1. The summed E-state index contributed by atoms with van der Waals surface area (Å²) in [4.78, 5) is 16.3. The molecule has 0 amide bonds. The Morgan fingerprint density at radius 1 is 1.11 bits per heavy atom. The zero-order valence-electron chi connectivity index (χ0n) is 10.1. The van der Waals surface area contributed by atoms with Gasteiger partial charge in [0.25, 0.3) is 0 Å². The van der Waals surface area contributed by atoms with E-state index in [1.807, 2.05) is 24.3 Å². The molecule has 0 saturated heterocycles. The van der Waals surface area contributed by atoms with Gasteiger partial charge >= 0.3 is 0 Å². The van der Waals surface area contributed by atoms with Crippen LogP contribution in [0.2, 0.25) is 0 Å². The highest BCUT2D eigenvalue weighted by molar-refractivity contribution is 5.91. The van der Waals surface area contributed by atoms with Crippen molar-refractivity contribution in [2.75, 3.05) is 0 Å². The molecule has 94 valence electrons. The molecule has 1 aromatic heterocycles. The molecule has 0 unspecified atom stereocenters. The van der Waals surface area contributed by atoms with Crippen molar-refractivity contribution in [2.45, 2.75) is 6.42 Å². The Morgan fingerprint density at radius 2 is 1.84 bits per heavy atom. The number of rotatable bonds is 2. The summed E-state index contributed by atoms with van der Waals surface area (Å²) < 4.78 is 15.0. The van der Waals surface area contributed by atoms with Gasteiger partial charge in [0, 0.05) is 0 Å². The van der Waals surface area contributed by atoms with E-state index in [0.717, 1.165) is 11.0 Å². The molecule has 0 spiro atoms. The highest BCUT2D eigenvalue weighted by Gasteiger charge is 2.12. The number of nitrogens with zero attached hydrogens (tertiary/aromatic N) is 2. The number of hydrogen-bond donors (Lipinski definition) is 0. The van der Waals surface area contributed by atoms with Gasteiger partial charge in [0.05, 0.1) is 17.5 Å². The number of para-hydroxylation sites is 2. The molecule has 2 aromatic carbocycles. The molecule has 0 aliphatic rings. The predicted molar refractivity (Wildman–Crippen MR) is 70.5 cm³/mol. The van der Waals surface area contributed by atoms with Crippen LogP contribution in [0.1, 0.15) is 10.4 Å². The largest absolute Gasteiger partial charge is 0.274 e. The lowest BCUT2D eigenvalue weighted by Crippen LogP contribution is -2.13. The minimum absolute atomic E-state index is 0.0209. The van der Waals surface area contributed by atoms with Crippen molar-refractivity contribution in [2.24, 2.45) is 0 Å². The van der Waals surface area contributed by atoms with Crippen LogP contribution in [0.3, 0.4) is 0 Å². The molecule has 0 saturated carbocycles. The van der Waals surface area contributed by atoms with E-state index in [-0.39, 0.29) is 18.1 Å². The maximum Gasteiger partial charge on any atom is 0.236 e. The van der Waals surface area contributed by atoms with Crippen molar-refractivity contribution in [3.63, 3.8) is 0 Å². The zero-order chi connectivity index (χ0) is 13.2. The van der Waals surface area contributed by atoms with Gasteiger partial charge in [0.2, 0.25) is 5.91 Å². The molecule has 0 atom stereocenters. The SMILES string of the molecule is O=C(Cc1ccccc1F)n1cnc2ccccc21. The molecular weight excluding hydrogens is 243 g/mol. The van der Waals surface area contributed by atoms with Crippen LogP contribution in [-0.4, -0.2) is 15.5 Å². The maximum absolute atomic E-state index is 13.5. The molecule has 3 rings (SSSR count). The van der Waals surface area contributed by atoms with E-state index in [2.05, 4.69) is 4.98 Å². The topological polar surface area (TPSA) is 34.9 Å². The van der Waals surface area contributed by atoms with Crippen LogP contribution in [0.15, 0.2) is 54.9 Å². The summed E-state index contributed by atoms with van der Waals surface area (Å²) in [5, 5.41) is 0. The number of hydrogen-bond acceptors (Lipinski definition) is 2. The minimum Gasteiger partial charge on any atom is -0.274 e. The smallest absolute Gasteiger partial charge is 0.236 e. The number of benzene rings is 2. The zero-order valence-corrected chi connectivity index (χ0v) is 10.1. The lowest BCUT2D eigenvalue weighted by Gasteiger charge is -2.04. The van der Waals surface area contributed by atoms with Crippen molar-refractivity contribution in [1.82, 2.24) is 9.55 Å². The lowest BCUT2D eigenvalue weighted by molar-refractivity contribution is 0.0917. The number of halogens is 1. The molecule has 0 radical (unpaired) electrons. The molecule has 19 heavy (non-hydrogen) atoms. The Labute approximate surface area is 109 Å². The van der Waals surface area contributed by atoms with Gasteiger partial charge in [-0.3, -0.25) is 9.36 Å². The summed E-state index contributed by atoms with van der Waals surface area (Å²) in [5.41, 5.74) is 1.89. The Kier molecular flexibility index (Phi) is 2.83. The summed E-state index contributed by atoms with van der Waals surface area (Å²) in [6, 6.07) is 13.7. The summed E-state index contributed by atoms with van der Waals surface area (Å²) in [5.74, 6) is -0.556. The fourth-order valence-electron chi connectivity index (χ4n) is 2.05. The van der Waals surface area contributed by atoms with Gasteiger partial charge in [0.1, 0.15) is 12.1 Å².